The molecule has 3 heterocycles. The van der Waals surface area contributed by atoms with Gasteiger partial charge in [-0.25, -0.2) is 9.97 Å². The summed E-state index contributed by atoms with van der Waals surface area (Å²) in [6.07, 6.45) is 12.3. The number of nitrogens with one attached hydrogen (secondary N) is 2. The number of aromatic nitrogens is 3. The van der Waals surface area contributed by atoms with Crippen molar-refractivity contribution in [3.8, 4) is 0 Å². The number of hydrogen-bond acceptors (Lipinski definition) is 7. The second-order valence-electron chi connectivity index (χ2n) is 11.2. The smallest absolute Gasteiger partial charge is 0.247 e. The number of fused-ring (bicyclic) bond motifs is 1. The van der Waals surface area contributed by atoms with Crippen molar-refractivity contribution in [3.63, 3.8) is 0 Å². The first-order valence-corrected chi connectivity index (χ1v) is 15.6. The molecule has 1 saturated carbocycles. The van der Waals surface area contributed by atoms with Crippen molar-refractivity contribution in [2.75, 3.05) is 23.3 Å². The van der Waals surface area contributed by atoms with Crippen LogP contribution in [0.5, 0.6) is 0 Å². The number of carbonyl (C=O) groups is 1. The van der Waals surface area contributed by atoms with Gasteiger partial charge in [0.25, 0.3) is 0 Å². The molecule has 39 heavy (non-hydrogen) atoms. The minimum absolute atomic E-state index is 0.185. The molecular formula is C28H35ClN6O2S2. The summed E-state index contributed by atoms with van der Waals surface area (Å²) in [6.45, 7) is 11.4. The zero-order valence-electron chi connectivity index (χ0n) is 22.6. The van der Waals surface area contributed by atoms with Crippen molar-refractivity contribution in [2.45, 2.75) is 73.5 Å². The average Bonchev–Trinajstić information content (AvgIpc) is 3.55. The first-order valence-electron chi connectivity index (χ1n) is 13.3. The summed E-state index contributed by atoms with van der Waals surface area (Å²) >= 11 is 7.02. The summed E-state index contributed by atoms with van der Waals surface area (Å²) in [5.41, 5.74) is 1.52. The number of halogens is 1. The number of carbonyl (C=O) groups excluding carboxylic acids is 1. The molecule has 2 aromatic heterocycles. The van der Waals surface area contributed by atoms with Crippen LogP contribution in [0.2, 0.25) is 5.02 Å². The van der Waals surface area contributed by atoms with Crippen LogP contribution in [0.15, 0.2) is 59.2 Å². The number of rotatable bonds is 7. The van der Waals surface area contributed by atoms with E-state index in [9.17, 15) is 9.35 Å². The van der Waals surface area contributed by atoms with E-state index in [0.717, 1.165) is 53.7 Å². The van der Waals surface area contributed by atoms with E-state index in [2.05, 4.69) is 26.5 Å². The van der Waals surface area contributed by atoms with Gasteiger partial charge in [-0.1, -0.05) is 42.4 Å². The zero-order chi connectivity index (χ0) is 27.8. The molecule has 1 aliphatic carbocycles. The second-order valence-corrected chi connectivity index (χ2v) is 14.7. The average molecular weight is 587 g/mol. The zero-order valence-corrected chi connectivity index (χ0v) is 25.0. The second kappa shape index (κ2) is 11.3. The fourth-order valence-corrected chi connectivity index (χ4v) is 7.76. The molecule has 2 atom stereocenters. The molecule has 1 aliphatic heterocycles. The minimum atomic E-state index is -1.06. The molecule has 0 bridgehead atoms. The molecule has 0 radical (unpaired) electrons. The summed E-state index contributed by atoms with van der Waals surface area (Å²) in [5, 5.41) is 3.20. The summed E-state index contributed by atoms with van der Waals surface area (Å²) < 4.78 is 18.1. The van der Waals surface area contributed by atoms with Gasteiger partial charge in [-0.15, -0.1) is 4.72 Å². The number of hydrogen-bond donors (Lipinski definition) is 2. The van der Waals surface area contributed by atoms with Gasteiger partial charge in [0.05, 0.1) is 21.6 Å². The molecule has 8 nitrogen and oxygen atoms in total. The molecule has 5 rings (SSSR count). The van der Waals surface area contributed by atoms with E-state index in [1.807, 2.05) is 49.7 Å². The van der Waals surface area contributed by atoms with E-state index in [-0.39, 0.29) is 22.1 Å². The van der Waals surface area contributed by atoms with Gasteiger partial charge in [0.15, 0.2) is 5.65 Å². The lowest BCUT2D eigenvalue weighted by molar-refractivity contribution is -0.111. The molecule has 1 saturated heterocycles. The maximum absolute atomic E-state index is 12.8. The third kappa shape index (κ3) is 5.81. The summed E-state index contributed by atoms with van der Waals surface area (Å²) in [4.78, 5) is 25.3. The Kier molecular flexibility index (Phi) is 8.22. The number of imidazole rings is 1. The van der Waals surface area contributed by atoms with Gasteiger partial charge < -0.3 is 14.8 Å². The van der Waals surface area contributed by atoms with Crippen LogP contribution >= 0.6 is 23.4 Å². The van der Waals surface area contributed by atoms with Crippen LogP contribution in [0.4, 0.5) is 11.6 Å². The Hall–Kier alpha value is -2.24. The van der Waals surface area contributed by atoms with Crippen molar-refractivity contribution < 1.29 is 9.35 Å². The first-order chi connectivity index (χ1) is 18.6. The third-order valence-corrected chi connectivity index (χ3v) is 11.0. The highest BCUT2D eigenvalue weighted by Gasteiger charge is 2.48. The molecular weight excluding hydrogens is 552 g/mol. The summed E-state index contributed by atoms with van der Waals surface area (Å²) in [7, 11) is 0. The highest BCUT2D eigenvalue weighted by molar-refractivity contribution is 7.99. The Bertz CT molecular complexity index is 1370. The molecule has 2 fully saturated rings. The van der Waals surface area contributed by atoms with Gasteiger partial charge in [-0.3, -0.25) is 9.20 Å². The third-order valence-electron chi connectivity index (χ3n) is 7.75. The number of amides is 1. The number of nitrogens with zero attached hydrogens (tertiary/aromatic N) is 4. The molecule has 2 N–H and O–H groups in total. The lowest BCUT2D eigenvalue weighted by Crippen LogP contribution is -2.53. The fraction of sp³-hybridized carbons (Fsp3) is 0.464. The molecule has 1 aromatic carbocycles. The Morgan fingerprint density at radius 2 is 2.03 bits per heavy atom. The Labute approximate surface area is 242 Å². The monoisotopic (exact) mass is 586 g/mol. The molecule has 3 aromatic rings. The molecule has 1 spiro atoms. The van der Waals surface area contributed by atoms with Crippen molar-refractivity contribution >= 4 is 57.9 Å². The fourth-order valence-electron chi connectivity index (χ4n) is 5.56. The quantitative estimate of drug-likeness (QED) is 0.265. The van der Waals surface area contributed by atoms with Crippen LogP contribution in [0.3, 0.4) is 0 Å². The lowest BCUT2D eigenvalue weighted by Gasteiger charge is -2.44. The van der Waals surface area contributed by atoms with Crippen molar-refractivity contribution in [3.05, 3.63) is 54.5 Å². The maximum Gasteiger partial charge on any atom is 0.247 e. The standard InChI is InChI=1S/C28H35ClN6O2S2/c1-5-23(36)32-19-8-6-9-20(24(19)29)38-21-18-31-26(35-17-14-30-25(21)35)34-15-12-28(13-16-34)11-7-10-22(28)33-39(37)27(2,3)4/h5-6,8-9,14,17-18,22,33H,1,7,10-13,15-16H2,2-4H3,(H,32,36)/t22-,39-/m1/s1. The SMILES string of the molecule is C=CC(=O)Nc1cccc(Sc2cnc(N3CCC4(CCC[C@H]4N[S@+]([O-])C(C)(C)C)CC3)n3ccnc23)c1Cl. The largest absolute Gasteiger partial charge is 0.598 e. The van der Waals surface area contributed by atoms with Crippen LogP contribution in [0.25, 0.3) is 5.65 Å². The van der Waals surface area contributed by atoms with Crippen LogP contribution in [-0.4, -0.2) is 48.7 Å². The van der Waals surface area contributed by atoms with Crippen LogP contribution in [-0.2, 0) is 16.2 Å². The molecule has 0 unspecified atom stereocenters. The highest BCUT2D eigenvalue weighted by Crippen LogP contribution is 2.47. The van der Waals surface area contributed by atoms with Gasteiger partial charge >= 0.3 is 0 Å². The topological polar surface area (TPSA) is 97.6 Å². The van der Waals surface area contributed by atoms with Gasteiger partial charge in [-0.2, -0.15) is 0 Å². The van der Waals surface area contributed by atoms with E-state index in [1.54, 1.807) is 12.3 Å². The van der Waals surface area contributed by atoms with E-state index in [4.69, 9.17) is 16.6 Å². The van der Waals surface area contributed by atoms with E-state index < -0.39 is 11.4 Å². The van der Waals surface area contributed by atoms with Gasteiger partial charge in [0.2, 0.25) is 11.9 Å². The molecule has 11 heteroatoms. The number of benzene rings is 1. The molecule has 208 valence electrons. The van der Waals surface area contributed by atoms with Crippen LogP contribution in [0, 0.1) is 5.41 Å². The van der Waals surface area contributed by atoms with Gasteiger partial charge in [0.1, 0.15) is 4.75 Å². The summed E-state index contributed by atoms with van der Waals surface area (Å²) in [6, 6.07) is 5.81. The minimum Gasteiger partial charge on any atom is -0.598 e. The predicted molar refractivity (Wildman–Crippen MR) is 160 cm³/mol. The van der Waals surface area contributed by atoms with Crippen LogP contribution < -0.4 is 14.9 Å². The van der Waals surface area contributed by atoms with Crippen molar-refractivity contribution in [1.29, 1.82) is 0 Å². The highest BCUT2D eigenvalue weighted by atomic mass is 35.5. The van der Waals surface area contributed by atoms with E-state index >= 15 is 0 Å². The Morgan fingerprint density at radius 1 is 1.26 bits per heavy atom. The van der Waals surface area contributed by atoms with E-state index in [0.29, 0.717) is 10.7 Å². The Balaban J connectivity index is 1.32. The predicted octanol–water partition coefficient (Wildman–Crippen LogP) is 5.85. The van der Waals surface area contributed by atoms with Gasteiger partial charge in [-0.05, 0) is 70.1 Å². The van der Waals surface area contributed by atoms with Gasteiger partial charge in [0, 0.05) is 47.9 Å². The lowest BCUT2D eigenvalue weighted by atomic mass is 9.74. The van der Waals surface area contributed by atoms with E-state index in [1.165, 1.54) is 30.7 Å². The number of piperidine rings is 1. The number of anilines is 2. The maximum atomic E-state index is 12.8. The Morgan fingerprint density at radius 3 is 2.74 bits per heavy atom. The van der Waals surface area contributed by atoms with Crippen LogP contribution in [0.1, 0.15) is 52.9 Å². The normalized spacial score (nSPS) is 19.9. The van der Waals surface area contributed by atoms with Crippen molar-refractivity contribution in [2.24, 2.45) is 5.41 Å². The first kappa shape index (κ1) is 28.3. The van der Waals surface area contributed by atoms with Crippen molar-refractivity contribution in [1.82, 2.24) is 19.1 Å². The molecule has 2 aliphatic rings. The summed E-state index contributed by atoms with van der Waals surface area (Å²) in [5.74, 6) is 0.562. The molecule has 1 amide bonds.